The van der Waals surface area contributed by atoms with Gasteiger partial charge in [0, 0.05) is 43.1 Å². The molecule has 1 heterocycles. The van der Waals surface area contributed by atoms with E-state index < -0.39 is 11.5 Å². The number of hydrogen-bond donors (Lipinski definition) is 2. The van der Waals surface area contributed by atoms with E-state index in [9.17, 15) is 14.7 Å². The number of carboxylic acid groups (broad SMARTS) is 1. The van der Waals surface area contributed by atoms with Gasteiger partial charge in [-0.3, -0.25) is 4.79 Å². The predicted molar refractivity (Wildman–Crippen MR) is 89.8 cm³/mol. The van der Waals surface area contributed by atoms with Crippen LogP contribution in [0.25, 0.3) is 0 Å². The summed E-state index contributed by atoms with van der Waals surface area (Å²) >= 11 is 1.61. The van der Waals surface area contributed by atoms with Crippen LogP contribution in [0, 0.1) is 13.8 Å². The second kappa shape index (κ2) is 7.84. The Morgan fingerprint density at radius 3 is 2.57 bits per heavy atom. The molecule has 1 amide bonds. The number of carboxylic acids is 1. The van der Waals surface area contributed by atoms with Gasteiger partial charge in [-0.25, -0.2) is 4.79 Å². The fraction of sp³-hybridized carbons (Fsp3) is 0.529. The van der Waals surface area contributed by atoms with Crippen LogP contribution in [0.2, 0.25) is 0 Å². The average molecular weight is 337 g/mol. The normalized spacial score (nSPS) is 16.8. The van der Waals surface area contributed by atoms with Crippen LogP contribution in [-0.4, -0.2) is 41.5 Å². The molecule has 1 aromatic carbocycles. The molecule has 0 spiro atoms. The Labute approximate surface area is 140 Å². The fourth-order valence-electron chi connectivity index (χ4n) is 2.51. The summed E-state index contributed by atoms with van der Waals surface area (Å²) in [6.45, 7) is 4.86. The number of aliphatic carboxylic acids is 1. The number of carbonyl (C=O) groups excluding carboxylic acids is 1. The molecule has 6 heteroatoms. The molecule has 23 heavy (non-hydrogen) atoms. The molecule has 1 aliphatic heterocycles. The molecule has 126 valence electrons. The Morgan fingerprint density at radius 1 is 1.26 bits per heavy atom. The number of ether oxygens (including phenoxy) is 1. The lowest BCUT2D eigenvalue weighted by atomic mass is 9.90. The second-order valence-electron chi connectivity index (χ2n) is 5.89. The van der Waals surface area contributed by atoms with Gasteiger partial charge in [0.15, 0.2) is 0 Å². The van der Waals surface area contributed by atoms with E-state index in [0.29, 0.717) is 38.2 Å². The lowest BCUT2D eigenvalue weighted by Gasteiger charge is -2.33. The molecule has 0 saturated carbocycles. The van der Waals surface area contributed by atoms with Gasteiger partial charge in [-0.1, -0.05) is 6.07 Å². The summed E-state index contributed by atoms with van der Waals surface area (Å²) in [6, 6.07) is 6.22. The van der Waals surface area contributed by atoms with Crippen LogP contribution in [0.3, 0.4) is 0 Å². The van der Waals surface area contributed by atoms with Gasteiger partial charge >= 0.3 is 5.97 Å². The van der Waals surface area contributed by atoms with Crippen molar-refractivity contribution in [2.24, 2.45) is 0 Å². The Morgan fingerprint density at radius 2 is 1.96 bits per heavy atom. The molecule has 0 unspecified atom stereocenters. The van der Waals surface area contributed by atoms with Crippen LogP contribution in [0.4, 0.5) is 0 Å². The van der Waals surface area contributed by atoms with Crippen molar-refractivity contribution in [1.82, 2.24) is 5.32 Å². The molecular weight excluding hydrogens is 314 g/mol. The lowest BCUT2D eigenvalue weighted by molar-refractivity contribution is -0.152. The van der Waals surface area contributed by atoms with Gasteiger partial charge in [0.25, 0.3) is 0 Å². The van der Waals surface area contributed by atoms with E-state index in [0.717, 1.165) is 4.90 Å². The zero-order chi connectivity index (χ0) is 16.9. The number of aryl methyl sites for hydroxylation is 2. The van der Waals surface area contributed by atoms with E-state index in [1.165, 1.54) is 11.1 Å². The van der Waals surface area contributed by atoms with Gasteiger partial charge in [0.2, 0.25) is 5.91 Å². The van der Waals surface area contributed by atoms with Gasteiger partial charge in [0.1, 0.15) is 5.54 Å². The smallest absolute Gasteiger partial charge is 0.329 e. The van der Waals surface area contributed by atoms with Crippen molar-refractivity contribution in [2.45, 2.75) is 43.5 Å². The molecule has 5 nitrogen and oxygen atoms in total. The van der Waals surface area contributed by atoms with Crippen molar-refractivity contribution in [3.05, 3.63) is 29.3 Å². The van der Waals surface area contributed by atoms with Crippen LogP contribution in [0.1, 0.15) is 30.4 Å². The highest BCUT2D eigenvalue weighted by Gasteiger charge is 2.41. The van der Waals surface area contributed by atoms with Crippen molar-refractivity contribution in [3.63, 3.8) is 0 Å². The first-order valence-corrected chi connectivity index (χ1v) is 8.74. The third kappa shape index (κ3) is 4.72. The van der Waals surface area contributed by atoms with E-state index in [4.69, 9.17) is 4.74 Å². The first kappa shape index (κ1) is 17.8. The molecule has 0 atom stereocenters. The molecular formula is C17H23NO4S. The summed E-state index contributed by atoms with van der Waals surface area (Å²) in [5, 5.41) is 12.1. The number of thioether (sulfide) groups is 1. The monoisotopic (exact) mass is 337 g/mol. The average Bonchev–Trinajstić information content (AvgIpc) is 2.51. The Bertz CT molecular complexity index is 582. The SMILES string of the molecule is Cc1ccc(SCCC(=O)NC2(C(=O)O)CCOCC2)cc1C. The van der Waals surface area contributed by atoms with Crippen LogP contribution >= 0.6 is 11.8 Å². The van der Waals surface area contributed by atoms with Gasteiger partial charge in [0.05, 0.1) is 0 Å². The summed E-state index contributed by atoms with van der Waals surface area (Å²) < 4.78 is 5.20. The van der Waals surface area contributed by atoms with Gasteiger partial charge in [-0.2, -0.15) is 0 Å². The van der Waals surface area contributed by atoms with Crippen molar-refractivity contribution in [3.8, 4) is 0 Å². The maximum Gasteiger partial charge on any atom is 0.329 e. The summed E-state index contributed by atoms with van der Waals surface area (Å²) in [7, 11) is 0. The standard InChI is InChI=1S/C17H23NO4S/c1-12-3-4-14(11-13(12)2)23-10-5-15(19)18-17(16(20)21)6-8-22-9-7-17/h3-4,11H,5-10H2,1-2H3,(H,18,19)(H,20,21). The molecule has 1 fully saturated rings. The number of nitrogens with one attached hydrogen (secondary N) is 1. The van der Waals surface area contributed by atoms with Crippen LogP contribution in [-0.2, 0) is 14.3 Å². The first-order chi connectivity index (χ1) is 10.9. The molecule has 0 aromatic heterocycles. The van der Waals surface area contributed by atoms with Gasteiger partial charge in [-0.15, -0.1) is 11.8 Å². The number of hydrogen-bond acceptors (Lipinski definition) is 4. The molecule has 1 saturated heterocycles. The summed E-state index contributed by atoms with van der Waals surface area (Å²) in [5.41, 5.74) is 1.31. The molecule has 2 N–H and O–H groups in total. The quantitative estimate of drug-likeness (QED) is 0.780. The Kier molecular flexibility index (Phi) is 6.07. The maximum absolute atomic E-state index is 12.1. The third-order valence-corrected chi connectivity index (χ3v) is 5.21. The molecule has 0 radical (unpaired) electrons. The van der Waals surface area contributed by atoms with Crippen LogP contribution in [0.5, 0.6) is 0 Å². The van der Waals surface area contributed by atoms with Gasteiger partial charge < -0.3 is 15.2 Å². The first-order valence-electron chi connectivity index (χ1n) is 7.75. The van der Waals surface area contributed by atoms with E-state index in [1.807, 2.05) is 6.07 Å². The number of benzene rings is 1. The minimum Gasteiger partial charge on any atom is -0.480 e. The highest BCUT2D eigenvalue weighted by atomic mass is 32.2. The van der Waals surface area contributed by atoms with Crippen molar-refractivity contribution in [1.29, 1.82) is 0 Å². The minimum absolute atomic E-state index is 0.217. The minimum atomic E-state index is -1.17. The van der Waals surface area contributed by atoms with Gasteiger partial charge in [-0.05, 0) is 37.1 Å². The number of rotatable bonds is 6. The largest absolute Gasteiger partial charge is 0.480 e. The third-order valence-electron chi connectivity index (χ3n) is 4.21. The van der Waals surface area contributed by atoms with E-state index in [2.05, 4.69) is 31.3 Å². The van der Waals surface area contributed by atoms with Crippen LogP contribution < -0.4 is 5.32 Å². The van der Waals surface area contributed by atoms with E-state index in [1.54, 1.807) is 11.8 Å². The Balaban J connectivity index is 1.84. The predicted octanol–water partition coefficient (Wildman–Crippen LogP) is 2.54. The maximum atomic E-state index is 12.1. The van der Waals surface area contributed by atoms with E-state index in [-0.39, 0.29) is 5.91 Å². The fourth-order valence-corrected chi connectivity index (χ4v) is 3.45. The number of amides is 1. The molecule has 1 aromatic rings. The number of carbonyl (C=O) groups is 2. The van der Waals surface area contributed by atoms with Crippen molar-refractivity contribution in [2.75, 3.05) is 19.0 Å². The molecule has 0 bridgehead atoms. The highest BCUT2D eigenvalue weighted by molar-refractivity contribution is 7.99. The van der Waals surface area contributed by atoms with Crippen LogP contribution in [0.15, 0.2) is 23.1 Å². The topological polar surface area (TPSA) is 75.6 Å². The molecule has 1 aliphatic rings. The zero-order valence-electron chi connectivity index (χ0n) is 13.6. The highest BCUT2D eigenvalue weighted by Crippen LogP contribution is 2.23. The van der Waals surface area contributed by atoms with Crippen molar-refractivity contribution < 1.29 is 19.4 Å². The van der Waals surface area contributed by atoms with Crippen molar-refractivity contribution >= 4 is 23.6 Å². The lowest BCUT2D eigenvalue weighted by Crippen LogP contribution is -2.57. The van der Waals surface area contributed by atoms with E-state index >= 15 is 0 Å². The zero-order valence-corrected chi connectivity index (χ0v) is 14.4. The molecule has 0 aliphatic carbocycles. The molecule has 2 rings (SSSR count). The summed E-state index contributed by atoms with van der Waals surface area (Å²) in [4.78, 5) is 24.7. The summed E-state index contributed by atoms with van der Waals surface area (Å²) in [6.07, 6.45) is 0.935. The second-order valence-corrected chi connectivity index (χ2v) is 7.06. The summed E-state index contributed by atoms with van der Waals surface area (Å²) in [5.74, 6) is -0.567. The Hall–Kier alpha value is -1.53.